The van der Waals surface area contributed by atoms with Gasteiger partial charge in [0.1, 0.15) is 5.82 Å². The lowest BCUT2D eigenvalue weighted by Crippen LogP contribution is -2.42. The SMILES string of the molecule is CCNC1CCC(O)(Cc2c(F)cccc2Cl)CC1. The Balaban J connectivity index is 2.03. The van der Waals surface area contributed by atoms with Crippen molar-refractivity contribution in [1.29, 1.82) is 0 Å². The third-order valence-electron chi connectivity index (χ3n) is 3.98. The van der Waals surface area contributed by atoms with Crippen LogP contribution < -0.4 is 5.32 Å². The Morgan fingerprint density at radius 3 is 2.68 bits per heavy atom. The van der Waals surface area contributed by atoms with Crippen LogP contribution in [0.1, 0.15) is 38.2 Å². The quantitative estimate of drug-likeness (QED) is 0.890. The molecule has 0 heterocycles. The summed E-state index contributed by atoms with van der Waals surface area (Å²) in [5.41, 5.74) is -0.383. The van der Waals surface area contributed by atoms with Crippen molar-refractivity contribution >= 4 is 11.6 Å². The molecule has 1 fully saturated rings. The van der Waals surface area contributed by atoms with Crippen LogP contribution in [-0.2, 0) is 6.42 Å². The van der Waals surface area contributed by atoms with Gasteiger partial charge in [-0.1, -0.05) is 24.6 Å². The molecule has 0 unspecified atom stereocenters. The average molecular weight is 286 g/mol. The van der Waals surface area contributed by atoms with E-state index in [1.54, 1.807) is 12.1 Å². The second kappa shape index (κ2) is 6.21. The molecular weight excluding hydrogens is 265 g/mol. The molecule has 0 amide bonds. The average Bonchev–Trinajstić information content (AvgIpc) is 2.38. The molecule has 2 rings (SSSR count). The van der Waals surface area contributed by atoms with E-state index in [4.69, 9.17) is 11.6 Å². The van der Waals surface area contributed by atoms with Crippen LogP contribution in [0.5, 0.6) is 0 Å². The molecule has 0 spiro atoms. The van der Waals surface area contributed by atoms with Crippen molar-refractivity contribution in [2.75, 3.05) is 6.54 Å². The van der Waals surface area contributed by atoms with Crippen LogP contribution in [0.15, 0.2) is 18.2 Å². The topological polar surface area (TPSA) is 32.3 Å². The fourth-order valence-corrected chi connectivity index (χ4v) is 3.08. The highest BCUT2D eigenvalue weighted by atomic mass is 35.5. The van der Waals surface area contributed by atoms with Crippen LogP contribution >= 0.6 is 11.6 Å². The minimum atomic E-state index is -0.822. The van der Waals surface area contributed by atoms with Crippen LogP contribution in [0.2, 0.25) is 5.02 Å². The van der Waals surface area contributed by atoms with E-state index in [2.05, 4.69) is 12.2 Å². The Hall–Kier alpha value is -0.640. The van der Waals surface area contributed by atoms with Crippen LogP contribution in [0.4, 0.5) is 4.39 Å². The second-order valence-corrected chi connectivity index (χ2v) is 5.84. The third kappa shape index (κ3) is 3.68. The highest BCUT2D eigenvalue weighted by Crippen LogP contribution is 2.34. The molecule has 1 aliphatic rings. The zero-order valence-corrected chi connectivity index (χ0v) is 12.0. The summed E-state index contributed by atoms with van der Waals surface area (Å²) in [7, 11) is 0. The lowest BCUT2D eigenvalue weighted by atomic mass is 9.78. The zero-order chi connectivity index (χ0) is 13.9. The van der Waals surface area contributed by atoms with Gasteiger partial charge in [0.25, 0.3) is 0 Å². The van der Waals surface area contributed by atoms with Crippen molar-refractivity contribution in [2.24, 2.45) is 0 Å². The van der Waals surface area contributed by atoms with E-state index in [-0.39, 0.29) is 5.82 Å². The van der Waals surface area contributed by atoms with Gasteiger partial charge < -0.3 is 10.4 Å². The zero-order valence-electron chi connectivity index (χ0n) is 11.3. The van der Waals surface area contributed by atoms with Gasteiger partial charge in [-0.2, -0.15) is 0 Å². The summed E-state index contributed by atoms with van der Waals surface area (Å²) in [6, 6.07) is 5.14. The molecule has 19 heavy (non-hydrogen) atoms. The van der Waals surface area contributed by atoms with E-state index in [0.29, 0.717) is 35.9 Å². The first-order valence-electron chi connectivity index (χ1n) is 6.93. The fraction of sp³-hybridized carbons (Fsp3) is 0.600. The Kier molecular flexibility index (Phi) is 4.82. The van der Waals surface area contributed by atoms with Crippen molar-refractivity contribution in [1.82, 2.24) is 5.32 Å². The first-order valence-corrected chi connectivity index (χ1v) is 7.30. The number of aliphatic hydroxyl groups is 1. The van der Waals surface area contributed by atoms with Gasteiger partial charge in [0.05, 0.1) is 5.60 Å². The van der Waals surface area contributed by atoms with Gasteiger partial charge in [-0.15, -0.1) is 0 Å². The van der Waals surface area contributed by atoms with Gasteiger partial charge in [-0.3, -0.25) is 0 Å². The standard InChI is InChI=1S/C15H21ClFNO/c1-2-18-11-6-8-15(19,9-7-11)10-12-13(16)4-3-5-14(12)17/h3-5,11,18-19H,2,6-10H2,1H3. The summed E-state index contributed by atoms with van der Waals surface area (Å²) in [5, 5.41) is 14.4. The second-order valence-electron chi connectivity index (χ2n) is 5.43. The number of hydrogen-bond donors (Lipinski definition) is 2. The largest absolute Gasteiger partial charge is 0.390 e. The van der Waals surface area contributed by atoms with E-state index in [9.17, 15) is 9.50 Å². The number of rotatable bonds is 4. The molecule has 1 aliphatic carbocycles. The van der Waals surface area contributed by atoms with Crippen molar-refractivity contribution < 1.29 is 9.50 Å². The monoisotopic (exact) mass is 285 g/mol. The van der Waals surface area contributed by atoms with Gasteiger partial charge in [-0.25, -0.2) is 4.39 Å². The van der Waals surface area contributed by atoms with Crippen LogP contribution in [0.3, 0.4) is 0 Å². The first-order chi connectivity index (χ1) is 9.04. The minimum Gasteiger partial charge on any atom is -0.390 e. The van der Waals surface area contributed by atoms with E-state index in [1.807, 2.05) is 0 Å². The molecule has 0 aliphatic heterocycles. The lowest BCUT2D eigenvalue weighted by molar-refractivity contribution is -0.00358. The summed E-state index contributed by atoms with van der Waals surface area (Å²) < 4.78 is 13.8. The van der Waals surface area contributed by atoms with E-state index in [1.165, 1.54) is 6.07 Å². The lowest BCUT2D eigenvalue weighted by Gasteiger charge is -2.36. The Labute approximate surface area is 119 Å². The summed E-state index contributed by atoms with van der Waals surface area (Å²) in [5.74, 6) is -0.324. The van der Waals surface area contributed by atoms with Gasteiger partial charge in [0.2, 0.25) is 0 Å². The number of halogens is 2. The van der Waals surface area contributed by atoms with Gasteiger partial charge >= 0.3 is 0 Å². The number of nitrogens with one attached hydrogen (secondary N) is 1. The predicted octanol–water partition coefficient (Wildman–Crippen LogP) is 3.30. The first kappa shape index (κ1) is 14.8. The summed E-state index contributed by atoms with van der Waals surface area (Å²) >= 11 is 6.03. The minimum absolute atomic E-state index is 0.303. The Morgan fingerprint density at radius 2 is 2.11 bits per heavy atom. The van der Waals surface area contributed by atoms with Crippen molar-refractivity contribution in [3.05, 3.63) is 34.6 Å². The Bertz CT molecular complexity index is 410. The van der Waals surface area contributed by atoms with Gasteiger partial charge in [0.15, 0.2) is 0 Å². The molecule has 106 valence electrons. The smallest absolute Gasteiger partial charge is 0.127 e. The van der Waals surface area contributed by atoms with Crippen LogP contribution in [0, 0.1) is 5.82 Å². The van der Waals surface area contributed by atoms with Gasteiger partial charge in [-0.05, 0) is 44.4 Å². The summed E-state index contributed by atoms with van der Waals surface area (Å²) in [6.07, 6.45) is 3.54. The van der Waals surface area contributed by atoms with E-state index < -0.39 is 5.60 Å². The normalized spacial score (nSPS) is 27.5. The third-order valence-corrected chi connectivity index (χ3v) is 4.33. The van der Waals surface area contributed by atoms with Crippen LogP contribution in [0.25, 0.3) is 0 Å². The molecule has 1 saturated carbocycles. The maximum absolute atomic E-state index is 13.8. The molecule has 1 aromatic carbocycles. The predicted molar refractivity (Wildman–Crippen MR) is 76.0 cm³/mol. The summed E-state index contributed by atoms with van der Waals surface area (Å²) in [4.78, 5) is 0. The van der Waals surface area contributed by atoms with E-state index >= 15 is 0 Å². The molecule has 2 nitrogen and oxygen atoms in total. The van der Waals surface area contributed by atoms with Crippen molar-refractivity contribution in [3.8, 4) is 0 Å². The van der Waals surface area contributed by atoms with Crippen molar-refractivity contribution in [2.45, 2.75) is 50.7 Å². The van der Waals surface area contributed by atoms with Crippen molar-refractivity contribution in [3.63, 3.8) is 0 Å². The van der Waals surface area contributed by atoms with E-state index in [0.717, 1.165) is 19.4 Å². The molecule has 0 atom stereocenters. The summed E-state index contributed by atoms with van der Waals surface area (Å²) in [6.45, 7) is 3.03. The molecule has 4 heteroatoms. The number of benzene rings is 1. The molecule has 0 saturated heterocycles. The highest BCUT2D eigenvalue weighted by molar-refractivity contribution is 6.31. The molecular formula is C15H21ClFNO. The van der Waals surface area contributed by atoms with Gasteiger partial charge in [0, 0.05) is 23.0 Å². The highest BCUT2D eigenvalue weighted by Gasteiger charge is 2.34. The van der Waals surface area contributed by atoms with Crippen LogP contribution in [-0.4, -0.2) is 23.3 Å². The molecule has 1 aromatic rings. The molecule has 2 N–H and O–H groups in total. The maximum atomic E-state index is 13.8. The maximum Gasteiger partial charge on any atom is 0.127 e. The molecule has 0 aromatic heterocycles. The Morgan fingerprint density at radius 1 is 1.42 bits per heavy atom. The number of hydrogen-bond acceptors (Lipinski definition) is 2. The molecule has 0 bridgehead atoms. The fourth-order valence-electron chi connectivity index (χ4n) is 2.85. The molecule has 0 radical (unpaired) electrons.